The number of amides is 1. The van der Waals surface area contributed by atoms with E-state index in [1.807, 2.05) is 30.5 Å². The first-order valence-corrected chi connectivity index (χ1v) is 19.8. The maximum Gasteiger partial charge on any atom is 0.252 e. The van der Waals surface area contributed by atoms with Crippen molar-refractivity contribution in [1.82, 2.24) is 15.2 Å². The summed E-state index contributed by atoms with van der Waals surface area (Å²) < 4.78 is 5.68. The zero-order valence-electron chi connectivity index (χ0n) is 30.6. The molecule has 3 saturated heterocycles. The Labute approximate surface area is 304 Å². The van der Waals surface area contributed by atoms with E-state index in [0.717, 1.165) is 59.0 Å². The molecular weight excluding hydrogens is 645 g/mol. The van der Waals surface area contributed by atoms with Crippen LogP contribution >= 0.6 is 7.92 Å². The smallest absolute Gasteiger partial charge is 0.252 e. The molecule has 1 amide bonds. The van der Waals surface area contributed by atoms with Gasteiger partial charge in [0.05, 0.1) is 18.7 Å². The van der Waals surface area contributed by atoms with Crippen molar-refractivity contribution in [1.29, 1.82) is 0 Å². The lowest BCUT2D eigenvalue weighted by Crippen LogP contribution is -2.57. The number of ether oxygens (including phenoxy) is 1. The van der Waals surface area contributed by atoms with Gasteiger partial charge in [0.1, 0.15) is 5.75 Å². The molecule has 2 bridgehead atoms. The Hall–Kier alpha value is -4.31. The first kappa shape index (κ1) is 35.1. The van der Waals surface area contributed by atoms with Gasteiger partial charge in [-0.15, -0.1) is 6.58 Å². The molecule has 3 aliphatic rings. The molecule has 5 aromatic rings. The molecule has 4 aromatic carbocycles. The number of hydrogen-bond acceptors (Lipinski definition) is 4. The fraction of sp³-hybridized carbons (Fsp3) is 0.333. The summed E-state index contributed by atoms with van der Waals surface area (Å²) in [4.78, 5) is 22.4. The Morgan fingerprint density at radius 1 is 0.882 bits per heavy atom. The van der Waals surface area contributed by atoms with E-state index >= 15 is 4.79 Å². The van der Waals surface area contributed by atoms with Gasteiger partial charge in [0.25, 0.3) is 5.91 Å². The monoisotopic (exact) mass is 695 g/mol. The van der Waals surface area contributed by atoms with Crippen LogP contribution in [-0.4, -0.2) is 42.0 Å². The van der Waals surface area contributed by atoms with Crippen LogP contribution in [0, 0.1) is 11.8 Å². The summed E-state index contributed by atoms with van der Waals surface area (Å²) in [5.41, 5.74) is 5.37. The topological polar surface area (TPSA) is 54.5 Å². The number of pyridine rings is 1. The SMILES string of the molecule is C=C[C@H]1CN2CC[C@H]1C[C@H]2[C@@H](NC(=O)c1ccccc1P(c1ccccc1C(C)C)c1ccccc1C(C)C)c1ccnc2ccc(OC)cc12. The fourth-order valence-corrected chi connectivity index (χ4v) is 11.6. The van der Waals surface area contributed by atoms with Crippen LogP contribution < -0.4 is 26.0 Å². The Morgan fingerprint density at radius 3 is 2.14 bits per heavy atom. The van der Waals surface area contributed by atoms with Crippen molar-refractivity contribution in [3.63, 3.8) is 0 Å². The average molecular weight is 696 g/mol. The van der Waals surface area contributed by atoms with Crippen molar-refractivity contribution in [2.24, 2.45) is 11.8 Å². The number of benzene rings is 4. The molecule has 3 aliphatic heterocycles. The minimum atomic E-state index is -1.06. The van der Waals surface area contributed by atoms with Crippen LogP contribution in [0.15, 0.2) is 116 Å². The number of rotatable bonds is 11. The van der Waals surface area contributed by atoms with E-state index < -0.39 is 7.92 Å². The highest BCUT2D eigenvalue weighted by atomic mass is 31.1. The molecule has 3 fully saturated rings. The molecule has 1 N–H and O–H groups in total. The lowest BCUT2D eigenvalue weighted by atomic mass is 9.73. The van der Waals surface area contributed by atoms with E-state index in [1.165, 1.54) is 21.7 Å². The lowest BCUT2D eigenvalue weighted by molar-refractivity contribution is 0.00171. The van der Waals surface area contributed by atoms with Gasteiger partial charge in [-0.3, -0.25) is 14.7 Å². The Bertz CT molecular complexity index is 1990. The van der Waals surface area contributed by atoms with Gasteiger partial charge in [-0.2, -0.15) is 0 Å². The second-order valence-corrected chi connectivity index (χ2v) is 16.9. The lowest BCUT2D eigenvalue weighted by Gasteiger charge is -2.51. The number of fused-ring (bicyclic) bond motifs is 4. The molecule has 0 saturated carbocycles. The minimum Gasteiger partial charge on any atom is -0.497 e. The van der Waals surface area contributed by atoms with Gasteiger partial charge in [-0.05, 0) is 114 Å². The van der Waals surface area contributed by atoms with E-state index in [1.54, 1.807) is 7.11 Å². The molecule has 0 aliphatic carbocycles. The highest BCUT2D eigenvalue weighted by Crippen LogP contribution is 2.43. The summed E-state index contributed by atoms with van der Waals surface area (Å²) in [6.07, 6.45) is 6.19. The average Bonchev–Trinajstić information content (AvgIpc) is 3.17. The van der Waals surface area contributed by atoms with Crippen molar-refractivity contribution in [3.8, 4) is 5.75 Å². The van der Waals surface area contributed by atoms with Gasteiger partial charge in [-0.25, -0.2) is 0 Å². The third kappa shape index (κ3) is 6.87. The number of aromatic nitrogens is 1. The van der Waals surface area contributed by atoms with Crippen molar-refractivity contribution in [2.45, 2.75) is 64.5 Å². The Kier molecular flexibility index (Phi) is 10.4. The second-order valence-electron chi connectivity index (χ2n) is 14.8. The predicted molar refractivity (Wildman–Crippen MR) is 214 cm³/mol. The molecule has 1 aromatic heterocycles. The van der Waals surface area contributed by atoms with Gasteiger partial charge in [0, 0.05) is 29.7 Å². The van der Waals surface area contributed by atoms with Crippen LogP contribution in [-0.2, 0) is 0 Å². The number of nitrogens with one attached hydrogen (secondary N) is 1. The number of nitrogens with zero attached hydrogens (tertiary/aromatic N) is 2. The Morgan fingerprint density at radius 2 is 1.53 bits per heavy atom. The number of piperidine rings is 3. The van der Waals surface area contributed by atoms with Crippen LogP contribution in [0.25, 0.3) is 10.9 Å². The highest BCUT2D eigenvalue weighted by molar-refractivity contribution is 7.80. The van der Waals surface area contributed by atoms with Gasteiger partial charge < -0.3 is 10.1 Å². The van der Waals surface area contributed by atoms with Gasteiger partial charge in [0.2, 0.25) is 0 Å². The van der Waals surface area contributed by atoms with Crippen LogP contribution in [0.1, 0.15) is 85.5 Å². The first-order valence-electron chi connectivity index (χ1n) is 18.5. The molecule has 1 unspecified atom stereocenters. The highest BCUT2D eigenvalue weighted by Gasteiger charge is 2.43. The number of carbonyl (C=O) groups excluding carboxylic acids is 1. The summed E-state index contributed by atoms with van der Waals surface area (Å²) in [5.74, 6) is 2.46. The molecular formula is C45H50N3O2P. The molecule has 0 spiro atoms. The summed E-state index contributed by atoms with van der Waals surface area (Å²) in [6, 6.07) is 34.0. The zero-order chi connectivity index (χ0) is 35.6. The van der Waals surface area contributed by atoms with Gasteiger partial charge in [0.15, 0.2) is 0 Å². The van der Waals surface area contributed by atoms with Crippen molar-refractivity contribution in [2.75, 3.05) is 20.2 Å². The predicted octanol–water partition coefficient (Wildman–Crippen LogP) is 8.62. The van der Waals surface area contributed by atoms with E-state index in [9.17, 15) is 0 Å². The Balaban J connectivity index is 1.37. The molecule has 0 radical (unpaired) electrons. The van der Waals surface area contributed by atoms with E-state index in [4.69, 9.17) is 9.72 Å². The summed E-state index contributed by atoms with van der Waals surface area (Å²) in [5, 5.41) is 8.39. The molecule has 8 rings (SSSR count). The maximum atomic E-state index is 15.1. The van der Waals surface area contributed by atoms with Crippen molar-refractivity contribution >= 4 is 40.6 Å². The van der Waals surface area contributed by atoms with Gasteiger partial charge >= 0.3 is 0 Å². The molecule has 51 heavy (non-hydrogen) atoms. The third-order valence-corrected chi connectivity index (χ3v) is 13.8. The van der Waals surface area contributed by atoms with E-state index in [0.29, 0.717) is 23.7 Å². The van der Waals surface area contributed by atoms with Gasteiger partial charge in [-0.1, -0.05) is 101 Å². The normalized spacial score (nSPS) is 20.5. The minimum absolute atomic E-state index is 0.0390. The largest absolute Gasteiger partial charge is 0.497 e. The number of methoxy groups -OCH3 is 1. The quantitative estimate of drug-likeness (QED) is 0.111. The van der Waals surface area contributed by atoms with Crippen LogP contribution in [0.3, 0.4) is 0 Å². The number of carbonyl (C=O) groups is 1. The maximum absolute atomic E-state index is 15.1. The second kappa shape index (κ2) is 15.1. The fourth-order valence-electron chi connectivity index (χ4n) is 8.48. The zero-order valence-corrected chi connectivity index (χ0v) is 31.4. The molecule has 6 heteroatoms. The van der Waals surface area contributed by atoms with E-state index in [-0.39, 0.29) is 18.0 Å². The van der Waals surface area contributed by atoms with Crippen LogP contribution in [0.5, 0.6) is 5.75 Å². The summed E-state index contributed by atoms with van der Waals surface area (Å²) in [7, 11) is 0.640. The molecule has 5 nitrogen and oxygen atoms in total. The molecule has 5 atom stereocenters. The number of hydrogen-bond donors (Lipinski definition) is 1. The van der Waals surface area contributed by atoms with Crippen LogP contribution in [0.4, 0.5) is 0 Å². The first-order chi connectivity index (χ1) is 24.8. The van der Waals surface area contributed by atoms with E-state index in [2.05, 4.69) is 123 Å². The molecule has 262 valence electrons. The third-order valence-electron chi connectivity index (χ3n) is 11.1. The molecule has 4 heterocycles. The summed E-state index contributed by atoms with van der Waals surface area (Å²) >= 11 is 0. The summed E-state index contributed by atoms with van der Waals surface area (Å²) in [6.45, 7) is 15.2. The van der Waals surface area contributed by atoms with Crippen molar-refractivity contribution in [3.05, 3.63) is 138 Å². The standard InChI is InChI=1S/C45H50N3O2P/c1-7-31-28-48-25-23-32(31)26-40(48)44(36-22-24-46-39-21-20-33(50-6)27-38(36)39)47-45(49)37-16-10-13-19-43(37)51(41-17-11-8-14-34(41)29(2)3)42-18-12-9-15-35(42)30(4)5/h7-22,24,27,29-32,40,44H,1,23,25-26,28H2,2-6H3,(H,47,49)/t31-,32-,40-,44-/m0/s1. The van der Waals surface area contributed by atoms with Crippen molar-refractivity contribution < 1.29 is 9.53 Å². The van der Waals surface area contributed by atoms with Crippen LogP contribution in [0.2, 0.25) is 0 Å².